The number of para-hydroxylation sites is 1. The first-order chi connectivity index (χ1) is 15.5. The van der Waals surface area contributed by atoms with Gasteiger partial charge in [0, 0.05) is 12.5 Å². The summed E-state index contributed by atoms with van der Waals surface area (Å²) < 4.78 is 1.70. The normalized spacial score (nSPS) is 19.7. The number of rotatable bonds is 5. The first-order valence-electron chi connectivity index (χ1n) is 10.6. The van der Waals surface area contributed by atoms with Crippen LogP contribution in [0.25, 0.3) is 0 Å². The molecule has 0 bridgehead atoms. The lowest BCUT2D eigenvalue weighted by Gasteiger charge is -2.48. The smallest absolute Gasteiger partial charge is 0.258 e. The molecule has 2 aliphatic heterocycles. The molecular formula is C24H23N5O3. The number of carbonyl (C=O) groups excluding carboxylic acids is 3. The molecular weight excluding hydrogens is 406 g/mol. The summed E-state index contributed by atoms with van der Waals surface area (Å²) in [6.45, 7) is 2.20. The number of aromatic nitrogens is 2. The summed E-state index contributed by atoms with van der Waals surface area (Å²) >= 11 is 0. The van der Waals surface area contributed by atoms with Crippen molar-refractivity contribution in [1.82, 2.24) is 14.7 Å². The first kappa shape index (κ1) is 20.0. The highest BCUT2D eigenvalue weighted by Gasteiger charge is 2.53. The van der Waals surface area contributed by atoms with E-state index in [1.54, 1.807) is 40.0 Å². The molecule has 0 spiro atoms. The summed E-state index contributed by atoms with van der Waals surface area (Å²) in [4.78, 5) is 42.1. The third kappa shape index (κ3) is 3.24. The fourth-order valence-corrected chi connectivity index (χ4v) is 4.59. The highest BCUT2D eigenvalue weighted by molar-refractivity contribution is 6.11. The average molecular weight is 429 g/mol. The second kappa shape index (κ2) is 7.64. The van der Waals surface area contributed by atoms with Crippen LogP contribution >= 0.6 is 0 Å². The molecule has 3 aromatic rings. The van der Waals surface area contributed by atoms with Crippen LogP contribution in [0.3, 0.4) is 0 Å². The van der Waals surface area contributed by atoms with Crippen LogP contribution in [0.4, 0.5) is 11.5 Å². The Morgan fingerprint density at radius 2 is 1.81 bits per heavy atom. The van der Waals surface area contributed by atoms with E-state index in [4.69, 9.17) is 0 Å². The number of hydrogen-bond donors (Lipinski definition) is 1. The van der Waals surface area contributed by atoms with E-state index in [0.717, 1.165) is 5.56 Å². The number of fused-ring (bicyclic) bond motifs is 3. The molecule has 1 atom stereocenters. The lowest BCUT2D eigenvalue weighted by Crippen LogP contribution is -2.63. The van der Waals surface area contributed by atoms with Gasteiger partial charge < -0.3 is 10.2 Å². The van der Waals surface area contributed by atoms with E-state index >= 15 is 0 Å². The maximum absolute atomic E-state index is 13.3. The van der Waals surface area contributed by atoms with Crippen molar-refractivity contribution < 1.29 is 14.4 Å². The maximum atomic E-state index is 13.3. The van der Waals surface area contributed by atoms with Crippen molar-refractivity contribution in [2.24, 2.45) is 0 Å². The molecule has 1 saturated heterocycles. The fourth-order valence-electron chi connectivity index (χ4n) is 4.59. The molecule has 2 aliphatic rings. The summed E-state index contributed by atoms with van der Waals surface area (Å²) in [7, 11) is 0. The molecule has 162 valence electrons. The molecule has 32 heavy (non-hydrogen) atoms. The molecule has 3 amide bonds. The summed E-state index contributed by atoms with van der Waals surface area (Å²) in [6, 6.07) is 18.6. The molecule has 1 aromatic heterocycles. The first-order valence-corrected chi connectivity index (χ1v) is 10.6. The van der Waals surface area contributed by atoms with Gasteiger partial charge in [0.1, 0.15) is 18.0 Å². The summed E-state index contributed by atoms with van der Waals surface area (Å²) in [5.74, 6) is -0.0814. The topological polar surface area (TPSA) is 87.5 Å². The second-order valence-electron chi connectivity index (χ2n) is 8.26. The van der Waals surface area contributed by atoms with Gasteiger partial charge in [-0.25, -0.2) is 4.68 Å². The Hall–Kier alpha value is -3.94. The zero-order valence-electron chi connectivity index (χ0n) is 17.7. The van der Waals surface area contributed by atoms with Crippen molar-refractivity contribution in [1.29, 1.82) is 0 Å². The molecule has 8 heteroatoms. The van der Waals surface area contributed by atoms with Gasteiger partial charge in [0.25, 0.3) is 5.91 Å². The quantitative estimate of drug-likeness (QED) is 0.676. The third-order valence-electron chi connectivity index (χ3n) is 6.21. The van der Waals surface area contributed by atoms with E-state index in [9.17, 15) is 14.4 Å². The lowest BCUT2D eigenvalue weighted by atomic mass is 9.98. The Bertz CT molecular complexity index is 1210. The van der Waals surface area contributed by atoms with Gasteiger partial charge >= 0.3 is 0 Å². The summed E-state index contributed by atoms with van der Waals surface area (Å²) in [5, 5.41) is 7.18. The molecule has 8 nitrogen and oxygen atoms in total. The minimum absolute atomic E-state index is 0.0428. The van der Waals surface area contributed by atoms with Crippen molar-refractivity contribution in [3.05, 3.63) is 78.0 Å². The van der Waals surface area contributed by atoms with Crippen LogP contribution in [0, 0.1) is 0 Å². The number of amides is 3. The number of nitrogens with one attached hydrogen (secondary N) is 1. The molecule has 2 aromatic carbocycles. The minimum atomic E-state index is -0.871. The van der Waals surface area contributed by atoms with Crippen LogP contribution < -0.4 is 10.2 Å². The van der Waals surface area contributed by atoms with Gasteiger partial charge in [-0.3, -0.25) is 19.3 Å². The average Bonchev–Trinajstić information content (AvgIpc) is 3.35. The van der Waals surface area contributed by atoms with E-state index in [1.165, 1.54) is 4.90 Å². The molecule has 1 fully saturated rings. The Morgan fingerprint density at radius 3 is 2.62 bits per heavy atom. The highest BCUT2D eigenvalue weighted by Crippen LogP contribution is 2.43. The number of benzene rings is 2. The third-order valence-corrected chi connectivity index (χ3v) is 6.21. The standard InChI is InChI=1S/C24H23N5O3/c1-24-13-11-22(31)29(24)19-10-6-5-9-18(19)23(32)27(24)16-21(30)26-20-12-14-25-28(20)15-17-7-3-2-4-8-17/h2-10,12,14H,11,13,15-16H2,1H3,(H,26,30). The number of anilines is 2. The van der Waals surface area contributed by atoms with Gasteiger partial charge in [-0.15, -0.1) is 0 Å². The van der Waals surface area contributed by atoms with Crippen LogP contribution in [0.1, 0.15) is 35.7 Å². The van der Waals surface area contributed by atoms with Crippen LogP contribution in [0.15, 0.2) is 66.9 Å². The minimum Gasteiger partial charge on any atom is -0.309 e. The van der Waals surface area contributed by atoms with E-state index in [-0.39, 0.29) is 24.3 Å². The predicted octanol–water partition coefficient (Wildman–Crippen LogP) is 2.87. The van der Waals surface area contributed by atoms with E-state index < -0.39 is 5.66 Å². The van der Waals surface area contributed by atoms with Crippen LogP contribution in [-0.2, 0) is 16.1 Å². The van der Waals surface area contributed by atoms with Gasteiger partial charge in [-0.05, 0) is 31.0 Å². The van der Waals surface area contributed by atoms with Crippen molar-refractivity contribution in [3.63, 3.8) is 0 Å². The zero-order chi connectivity index (χ0) is 22.3. The van der Waals surface area contributed by atoms with Crippen LogP contribution in [0.2, 0.25) is 0 Å². The number of nitrogens with zero attached hydrogens (tertiary/aromatic N) is 4. The van der Waals surface area contributed by atoms with Crippen LogP contribution in [0.5, 0.6) is 0 Å². The largest absolute Gasteiger partial charge is 0.309 e. The summed E-state index contributed by atoms with van der Waals surface area (Å²) in [5.41, 5.74) is 1.23. The number of carbonyl (C=O) groups is 3. The second-order valence-corrected chi connectivity index (χ2v) is 8.26. The molecule has 1 unspecified atom stereocenters. The Labute approximate surface area is 185 Å². The lowest BCUT2D eigenvalue weighted by molar-refractivity contribution is -0.120. The van der Waals surface area contributed by atoms with Crippen molar-refractivity contribution >= 4 is 29.2 Å². The zero-order valence-corrected chi connectivity index (χ0v) is 17.7. The Balaban J connectivity index is 1.38. The van der Waals surface area contributed by atoms with E-state index in [1.807, 2.05) is 43.3 Å². The monoisotopic (exact) mass is 429 g/mol. The SMILES string of the molecule is CC12CCC(=O)N1c1ccccc1C(=O)N2CC(=O)Nc1ccnn1Cc1ccccc1. The Morgan fingerprint density at radius 1 is 1.06 bits per heavy atom. The molecule has 5 rings (SSSR count). The van der Waals surface area contributed by atoms with Gasteiger partial charge in [0.05, 0.1) is 24.0 Å². The van der Waals surface area contributed by atoms with Gasteiger partial charge in [-0.2, -0.15) is 5.10 Å². The van der Waals surface area contributed by atoms with Gasteiger partial charge in [0.2, 0.25) is 11.8 Å². The number of hydrogen-bond acceptors (Lipinski definition) is 4. The fraction of sp³-hybridized carbons (Fsp3) is 0.250. The van der Waals surface area contributed by atoms with Crippen LogP contribution in [-0.4, -0.2) is 44.6 Å². The molecule has 1 N–H and O–H groups in total. The van der Waals surface area contributed by atoms with Crippen molar-refractivity contribution in [2.45, 2.75) is 32.0 Å². The molecule has 0 aliphatic carbocycles. The molecule has 3 heterocycles. The molecule has 0 saturated carbocycles. The van der Waals surface area contributed by atoms with Gasteiger partial charge in [-0.1, -0.05) is 42.5 Å². The Kier molecular flexibility index (Phi) is 4.77. The van der Waals surface area contributed by atoms with E-state index in [0.29, 0.717) is 36.5 Å². The summed E-state index contributed by atoms with van der Waals surface area (Å²) in [6.07, 6.45) is 2.44. The van der Waals surface area contributed by atoms with Crippen molar-refractivity contribution in [3.8, 4) is 0 Å². The van der Waals surface area contributed by atoms with E-state index in [2.05, 4.69) is 10.4 Å². The van der Waals surface area contributed by atoms with Crippen molar-refractivity contribution in [2.75, 3.05) is 16.8 Å². The molecule has 0 radical (unpaired) electrons. The predicted molar refractivity (Wildman–Crippen MR) is 119 cm³/mol. The van der Waals surface area contributed by atoms with Gasteiger partial charge in [0.15, 0.2) is 0 Å². The maximum Gasteiger partial charge on any atom is 0.258 e. The highest BCUT2D eigenvalue weighted by atomic mass is 16.2.